The van der Waals surface area contributed by atoms with Crippen LogP contribution in [0.2, 0.25) is 0 Å². The fourth-order valence-corrected chi connectivity index (χ4v) is 4.24. The Hall–Kier alpha value is -2.38. The number of likely N-dealkylation sites (tertiary alicyclic amines) is 1. The second-order valence-corrected chi connectivity index (χ2v) is 8.05. The first-order valence-electron chi connectivity index (χ1n) is 10.8. The van der Waals surface area contributed by atoms with Gasteiger partial charge in [0.1, 0.15) is 0 Å². The van der Waals surface area contributed by atoms with Crippen LogP contribution in [-0.2, 0) is 11.2 Å². The second kappa shape index (κ2) is 10.6. The summed E-state index contributed by atoms with van der Waals surface area (Å²) in [4.78, 5) is 12.5. The minimum Gasteiger partial charge on any atom is -0.465 e. The molecular formula is C23H33N3O4. The van der Waals surface area contributed by atoms with Gasteiger partial charge in [0.15, 0.2) is 5.58 Å². The Bertz CT molecular complexity index is 882. The first-order valence-corrected chi connectivity index (χ1v) is 10.8. The number of nitrogens with one attached hydrogen (secondary N) is 1. The number of aromatic nitrogens is 1. The molecule has 2 aliphatic heterocycles. The maximum absolute atomic E-state index is 11.0. The molecule has 7 nitrogen and oxygen atoms in total. The number of rotatable bonds is 4. The van der Waals surface area contributed by atoms with Crippen LogP contribution in [0.1, 0.15) is 42.5 Å². The summed E-state index contributed by atoms with van der Waals surface area (Å²) < 4.78 is 11.1. The van der Waals surface area contributed by atoms with Crippen molar-refractivity contribution < 1.29 is 19.2 Å². The van der Waals surface area contributed by atoms with Gasteiger partial charge in [0.25, 0.3) is 0 Å². The number of carbonyl (C=O) groups is 1. The van der Waals surface area contributed by atoms with E-state index in [9.17, 15) is 4.79 Å². The number of benzene rings is 1. The maximum atomic E-state index is 11.0. The number of aryl methyl sites for hydroxylation is 2. The molecule has 2 N–H and O–H groups in total. The predicted octanol–water partition coefficient (Wildman–Crippen LogP) is 4.10. The van der Waals surface area contributed by atoms with Gasteiger partial charge in [-0.2, -0.15) is 0 Å². The summed E-state index contributed by atoms with van der Waals surface area (Å²) in [7, 11) is 3.75. The van der Waals surface area contributed by atoms with Crippen LogP contribution in [0.15, 0.2) is 22.7 Å². The lowest BCUT2D eigenvalue weighted by Crippen LogP contribution is -2.37. The molecule has 1 amide bonds. The van der Waals surface area contributed by atoms with Gasteiger partial charge in [-0.3, -0.25) is 0 Å². The summed E-state index contributed by atoms with van der Waals surface area (Å²) in [5.74, 6) is 0.556. The van der Waals surface area contributed by atoms with Crippen molar-refractivity contribution in [3.05, 3.63) is 35.0 Å². The molecule has 0 aliphatic carbocycles. The minimum atomic E-state index is -0.804. The highest BCUT2D eigenvalue weighted by atomic mass is 16.5. The fraction of sp³-hybridized carbons (Fsp3) is 0.565. The van der Waals surface area contributed by atoms with E-state index in [4.69, 9.17) is 14.4 Å². The smallest absolute Gasteiger partial charge is 0.407 e. The molecule has 1 aromatic heterocycles. The molecule has 1 aromatic carbocycles. The highest BCUT2D eigenvalue weighted by Gasteiger charge is 2.23. The van der Waals surface area contributed by atoms with E-state index in [1.807, 2.05) is 14.1 Å². The molecule has 1 fully saturated rings. The monoisotopic (exact) mass is 415 g/mol. The molecule has 164 valence electrons. The van der Waals surface area contributed by atoms with Crippen molar-refractivity contribution in [2.45, 2.75) is 39.0 Å². The average Bonchev–Trinajstić information content (AvgIpc) is 3.18. The Labute approximate surface area is 178 Å². The van der Waals surface area contributed by atoms with Crippen molar-refractivity contribution in [3.63, 3.8) is 0 Å². The van der Waals surface area contributed by atoms with Crippen LogP contribution >= 0.6 is 0 Å². The molecule has 0 spiro atoms. The van der Waals surface area contributed by atoms with Crippen molar-refractivity contribution in [1.82, 2.24) is 15.4 Å². The molecule has 30 heavy (non-hydrogen) atoms. The van der Waals surface area contributed by atoms with Gasteiger partial charge >= 0.3 is 6.09 Å². The van der Waals surface area contributed by atoms with Crippen LogP contribution in [0, 0.1) is 12.8 Å². The molecule has 0 unspecified atom stereocenters. The molecular weight excluding hydrogens is 382 g/mol. The number of carboxylic acid groups (broad SMARTS) is 1. The predicted molar refractivity (Wildman–Crippen MR) is 118 cm³/mol. The molecule has 7 heteroatoms. The van der Waals surface area contributed by atoms with E-state index >= 15 is 0 Å². The normalized spacial score (nSPS) is 17.4. The van der Waals surface area contributed by atoms with Gasteiger partial charge in [0, 0.05) is 24.0 Å². The highest BCUT2D eigenvalue weighted by molar-refractivity contribution is 5.87. The van der Waals surface area contributed by atoms with Crippen LogP contribution < -0.4 is 5.32 Å². The molecule has 1 saturated heterocycles. The molecule has 0 saturated carbocycles. The van der Waals surface area contributed by atoms with Crippen molar-refractivity contribution in [3.8, 4) is 0 Å². The minimum absolute atomic E-state index is 0.556. The van der Waals surface area contributed by atoms with E-state index in [2.05, 4.69) is 35.6 Å². The van der Waals surface area contributed by atoms with Crippen molar-refractivity contribution in [1.29, 1.82) is 0 Å². The Morgan fingerprint density at radius 1 is 1.30 bits per heavy atom. The van der Waals surface area contributed by atoms with Gasteiger partial charge < -0.3 is 24.6 Å². The summed E-state index contributed by atoms with van der Waals surface area (Å²) in [5, 5.41) is 17.3. The molecule has 2 aliphatic rings. The number of piperidine rings is 1. The molecule has 3 heterocycles. The lowest BCUT2D eigenvalue weighted by molar-refractivity contribution is 0.123. The van der Waals surface area contributed by atoms with E-state index in [1.54, 1.807) is 0 Å². The molecule has 0 atom stereocenters. The quantitative estimate of drug-likeness (QED) is 0.782. The van der Waals surface area contributed by atoms with Gasteiger partial charge in [-0.15, -0.1) is 0 Å². The molecule has 4 rings (SSSR count). The number of ether oxygens (including phenoxy) is 1. The van der Waals surface area contributed by atoms with Gasteiger partial charge in [-0.1, -0.05) is 17.3 Å². The van der Waals surface area contributed by atoms with Crippen LogP contribution in [0.3, 0.4) is 0 Å². The lowest BCUT2D eigenvalue weighted by Gasteiger charge is -2.29. The standard InChI is InChI=1S/C21H26N2O4.C2H7N/c1-14-17(16-8-12-26-13-9-16)3-4-18-19(22-27-20(14)18)5-2-15-6-10-23(11-7-15)21(24)25;1-3-2/h3-4,8,15H,2,5-7,9-13H2,1H3,(H,24,25);3H,1-2H3. The number of fused-ring (bicyclic) bond motifs is 1. The van der Waals surface area contributed by atoms with E-state index in [-0.39, 0.29) is 0 Å². The topological polar surface area (TPSA) is 87.8 Å². The summed E-state index contributed by atoms with van der Waals surface area (Å²) in [6.45, 7) is 4.83. The third kappa shape index (κ3) is 5.21. The van der Waals surface area contributed by atoms with Gasteiger partial charge in [0.2, 0.25) is 0 Å². The van der Waals surface area contributed by atoms with Crippen molar-refractivity contribution >= 4 is 22.6 Å². The van der Waals surface area contributed by atoms with Crippen LogP contribution in [0.5, 0.6) is 0 Å². The van der Waals surface area contributed by atoms with E-state index in [1.165, 1.54) is 16.0 Å². The SMILES string of the molecule is CNC.Cc1c(C2=CCOCC2)ccc2c(CCC3CCN(C(=O)O)CC3)noc12. The number of nitrogens with zero attached hydrogens (tertiary/aromatic N) is 2. The number of hydrogen-bond acceptors (Lipinski definition) is 5. The average molecular weight is 416 g/mol. The van der Waals surface area contributed by atoms with Crippen LogP contribution in [0.4, 0.5) is 4.79 Å². The maximum Gasteiger partial charge on any atom is 0.407 e. The first kappa shape index (κ1) is 22.3. The second-order valence-electron chi connectivity index (χ2n) is 8.05. The molecule has 0 bridgehead atoms. The summed E-state index contributed by atoms with van der Waals surface area (Å²) in [6.07, 6.45) is 6.05. The fourth-order valence-electron chi connectivity index (χ4n) is 4.24. The summed E-state index contributed by atoms with van der Waals surface area (Å²) in [5.41, 5.74) is 5.60. The Balaban J connectivity index is 0.000000806. The summed E-state index contributed by atoms with van der Waals surface area (Å²) in [6, 6.07) is 4.31. The van der Waals surface area contributed by atoms with Crippen LogP contribution in [-0.4, -0.2) is 61.7 Å². The summed E-state index contributed by atoms with van der Waals surface area (Å²) >= 11 is 0. The van der Waals surface area contributed by atoms with Crippen molar-refractivity contribution in [2.24, 2.45) is 5.92 Å². The zero-order valence-corrected chi connectivity index (χ0v) is 18.2. The number of amides is 1. The van der Waals surface area contributed by atoms with E-state index in [0.29, 0.717) is 25.6 Å². The van der Waals surface area contributed by atoms with Crippen LogP contribution in [0.25, 0.3) is 16.5 Å². The highest BCUT2D eigenvalue weighted by Crippen LogP contribution is 2.32. The van der Waals surface area contributed by atoms with Crippen molar-refractivity contribution in [2.75, 3.05) is 40.4 Å². The largest absolute Gasteiger partial charge is 0.465 e. The van der Waals surface area contributed by atoms with Gasteiger partial charge in [0.05, 0.1) is 18.9 Å². The molecule has 0 radical (unpaired) electrons. The van der Waals surface area contributed by atoms with Gasteiger partial charge in [-0.25, -0.2) is 4.79 Å². The number of hydrogen-bond donors (Lipinski definition) is 2. The lowest BCUT2D eigenvalue weighted by atomic mass is 9.90. The third-order valence-electron chi connectivity index (χ3n) is 5.95. The Morgan fingerprint density at radius 3 is 2.67 bits per heavy atom. The first-order chi connectivity index (χ1) is 14.5. The third-order valence-corrected chi connectivity index (χ3v) is 5.95. The van der Waals surface area contributed by atoms with E-state index < -0.39 is 6.09 Å². The Kier molecular flexibility index (Phi) is 7.87. The zero-order chi connectivity index (χ0) is 21.5. The zero-order valence-electron chi connectivity index (χ0n) is 18.2. The molecule has 2 aromatic rings. The van der Waals surface area contributed by atoms with E-state index in [0.717, 1.165) is 60.9 Å². The van der Waals surface area contributed by atoms with Gasteiger partial charge in [-0.05, 0) is 76.2 Å². The Morgan fingerprint density at radius 2 is 2.03 bits per heavy atom.